The van der Waals surface area contributed by atoms with Crippen LogP contribution < -0.4 is 0 Å². The molecule has 1 N–H and O–H groups in total. The first-order valence-corrected chi connectivity index (χ1v) is 21.5. The van der Waals surface area contributed by atoms with Crippen molar-refractivity contribution >= 4 is 21.8 Å². The molecule has 0 spiro atoms. The summed E-state index contributed by atoms with van der Waals surface area (Å²) in [5, 5.41) is 12.8. The number of benzene rings is 6. The van der Waals surface area contributed by atoms with Crippen LogP contribution in [0.2, 0.25) is 0 Å². The number of hydrogen-bond acceptors (Lipinski definition) is 3. The van der Waals surface area contributed by atoms with E-state index in [0.29, 0.717) is 44.9 Å². The van der Waals surface area contributed by atoms with Crippen molar-refractivity contribution in [3.05, 3.63) is 180 Å². The van der Waals surface area contributed by atoms with Gasteiger partial charge in [0.15, 0.2) is 11.6 Å². The van der Waals surface area contributed by atoms with E-state index in [4.69, 9.17) is 9.97 Å². The molecule has 6 aromatic carbocycles. The number of fused-ring (bicyclic) bond motifs is 3. The molecule has 3 aromatic heterocycles. The third kappa shape index (κ3) is 8.44. The van der Waals surface area contributed by atoms with E-state index in [-0.39, 0.29) is 49.3 Å². The van der Waals surface area contributed by atoms with E-state index in [1.165, 1.54) is 23.3 Å². The van der Waals surface area contributed by atoms with Crippen molar-refractivity contribution in [1.82, 2.24) is 14.5 Å². The zero-order valence-corrected chi connectivity index (χ0v) is 39.6. The molecule has 7 heteroatoms. The maximum absolute atomic E-state index is 16.0. The van der Waals surface area contributed by atoms with Gasteiger partial charge < -0.3 is 9.67 Å². The zero-order valence-electron chi connectivity index (χ0n) is 37.3. The van der Waals surface area contributed by atoms with Crippen LogP contribution in [0, 0.1) is 17.7 Å². The first-order valence-electron chi connectivity index (χ1n) is 21.5. The van der Waals surface area contributed by atoms with Crippen LogP contribution in [-0.2, 0) is 31.9 Å². The Labute approximate surface area is 389 Å². The Bertz CT molecular complexity index is 3170. The standard InChI is InChI=1S/C57H50F2N3O.Pt/c1-34(2)38-28-46(58)55(47(59)29-38)62-52-21-11-9-17-43(52)44-24-23-37(32-53(44)62)49-20-14-19-48(60-49)35-15-13-16-36(25-35)50-30-40(31-51(61-50)45-18-10-12-22-54(45)63)39-26-41(56(3,4)5)33-42(27-39)57(6,7)8;/h9-24,26-34,63H,1-8H3;/q-1;. The molecule has 0 aliphatic rings. The van der Waals surface area contributed by atoms with Gasteiger partial charge in [0, 0.05) is 54.4 Å². The van der Waals surface area contributed by atoms with Gasteiger partial charge in [-0.15, -0.1) is 24.3 Å². The second-order valence-corrected chi connectivity index (χ2v) is 18.9. The Morgan fingerprint density at radius 1 is 0.531 bits per heavy atom. The Morgan fingerprint density at radius 2 is 1.09 bits per heavy atom. The normalized spacial score (nSPS) is 12.0. The smallest absolute Gasteiger partial charge is 0.150 e. The molecule has 9 aromatic rings. The minimum atomic E-state index is -0.608. The van der Waals surface area contributed by atoms with Crippen LogP contribution in [0.1, 0.15) is 78.0 Å². The maximum Gasteiger partial charge on any atom is 0.150 e. The monoisotopic (exact) mass is 1030 g/mol. The predicted molar refractivity (Wildman–Crippen MR) is 255 cm³/mol. The zero-order chi connectivity index (χ0) is 44.4. The Morgan fingerprint density at radius 3 is 1.77 bits per heavy atom. The number of aromatic nitrogens is 3. The molecule has 9 rings (SSSR count). The van der Waals surface area contributed by atoms with Crippen molar-refractivity contribution in [3.8, 4) is 67.6 Å². The predicted octanol–water partition coefficient (Wildman–Crippen LogP) is 15.4. The average molecular weight is 1030 g/mol. The van der Waals surface area contributed by atoms with Crippen LogP contribution in [0.5, 0.6) is 5.75 Å². The number of para-hydroxylation sites is 2. The molecule has 64 heavy (non-hydrogen) atoms. The molecule has 0 bridgehead atoms. The van der Waals surface area contributed by atoms with Crippen molar-refractivity contribution in [2.75, 3.05) is 0 Å². The van der Waals surface area contributed by atoms with E-state index in [1.54, 1.807) is 10.6 Å². The molecule has 0 unspecified atom stereocenters. The third-order valence-electron chi connectivity index (χ3n) is 12.0. The first kappa shape index (κ1) is 44.4. The fourth-order valence-corrected chi connectivity index (χ4v) is 8.34. The minimum Gasteiger partial charge on any atom is -0.507 e. The van der Waals surface area contributed by atoms with Crippen molar-refractivity contribution in [2.45, 2.75) is 72.1 Å². The van der Waals surface area contributed by atoms with Gasteiger partial charge in [-0.1, -0.05) is 145 Å². The summed E-state index contributed by atoms with van der Waals surface area (Å²) < 4.78 is 33.6. The van der Waals surface area contributed by atoms with Gasteiger partial charge in [-0.2, -0.15) is 0 Å². The Hall–Kier alpha value is -6.23. The summed E-state index contributed by atoms with van der Waals surface area (Å²) in [6, 6.07) is 50.3. The number of nitrogens with zero attached hydrogens (tertiary/aromatic N) is 3. The second kappa shape index (κ2) is 17.0. The molecule has 0 aliphatic carbocycles. The molecule has 0 aliphatic heterocycles. The minimum absolute atomic E-state index is 0. The number of phenolic OH excluding ortho intramolecular Hbond substituents is 1. The van der Waals surface area contributed by atoms with E-state index in [0.717, 1.165) is 38.6 Å². The molecule has 4 nitrogen and oxygen atoms in total. The quantitative estimate of drug-likeness (QED) is 0.162. The van der Waals surface area contributed by atoms with Gasteiger partial charge in [-0.25, -0.2) is 8.78 Å². The van der Waals surface area contributed by atoms with Crippen molar-refractivity contribution in [2.24, 2.45) is 0 Å². The molecule has 0 saturated heterocycles. The summed E-state index contributed by atoms with van der Waals surface area (Å²) in [4.78, 5) is 10.3. The van der Waals surface area contributed by atoms with Crippen LogP contribution in [0.25, 0.3) is 83.6 Å². The average Bonchev–Trinajstić information content (AvgIpc) is 3.58. The third-order valence-corrected chi connectivity index (χ3v) is 12.0. The van der Waals surface area contributed by atoms with Crippen LogP contribution >= 0.6 is 0 Å². The number of hydrogen-bond donors (Lipinski definition) is 1. The summed E-state index contributed by atoms with van der Waals surface area (Å²) in [5.41, 5.74) is 12.1. The second-order valence-electron chi connectivity index (χ2n) is 18.9. The van der Waals surface area contributed by atoms with E-state index in [9.17, 15) is 5.11 Å². The van der Waals surface area contributed by atoms with Gasteiger partial charge in [-0.05, 0) is 93.1 Å². The molecule has 324 valence electrons. The first-order chi connectivity index (χ1) is 30.0. The maximum atomic E-state index is 16.0. The van der Waals surface area contributed by atoms with Gasteiger partial charge in [0.05, 0.1) is 22.4 Å². The number of halogens is 2. The summed E-state index contributed by atoms with van der Waals surface area (Å²) in [6.45, 7) is 17.3. The van der Waals surface area contributed by atoms with Crippen LogP contribution in [0.15, 0.2) is 146 Å². The molecule has 0 saturated carbocycles. The topological polar surface area (TPSA) is 50.9 Å². The van der Waals surface area contributed by atoms with Crippen molar-refractivity contribution in [3.63, 3.8) is 0 Å². The van der Waals surface area contributed by atoms with Crippen molar-refractivity contribution in [1.29, 1.82) is 0 Å². The summed E-state index contributed by atoms with van der Waals surface area (Å²) >= 11 is 0. The molecule has 0 radical (unpaired) electrons. The Kier molecular flexibility index (Phi) is 11.8. The van der Waals surface area contributed by atoms with E-state index in [2.05, 4.69) is 77.9 Å². The van der Waals surface area contributed by atoms with Gasteiger partial charge >= 0.3 is 0 Å². The fourth-order valence-electron chi connectivity index (χ4n) is 8.34. The number of pyridine rings is 2. The molecule has 3 heterocycles. The SMILES string of the molecule is CC(C)c1cc(F)c(-n2c3ccccc3c3ccc(-c4cccc(-c5[c-]c(-c6cc(-c7cc(C(C)(C)C)cc(C(C)(C)C)c7)cc(-c7ccccc7O)n6)ccc5)n4)cc32)c(F)c1.[Pt]. The van der Waals surface area contributed by atoms with Gasteiger partial charge in [0.2, 0.25) is 0 Å². The van der Waals surface area contributed by atoms with Crippen LogP contribution in [0.4, 0.5) is 8.78 Å². The van der Waals surface area contributed by atoms with Gasteiger partial charge in [-0.3, -0.25) is 9.97 Å². The molecular weight excluding hydrogens is 976 g/mol. The fraction of sp³-hybridized carbons (Fsp3) is 0.193. The van der Waals surface area contributed by atoms with E-state index >= 15 is 8.78 Å². The summed E-state index contributed by atoms with van der Waals surface area (Å²) in [7, 11) is 0. The number of aromatic hydroxyl groups is 1. The number of phenols is 1. The number of rotatable bonds is 7. The van der Waals surface area contributed by atoms with Crippen LogP contribution in [0.3, 0.4) is 0 Å². The van der Waals surface area contributed by atoms with E-state index in [1.807, 2.05) is 111 Å². The Balaban J connectivity index is 0.00000560. The van der Waals surface area contributed by atoms with Crippen LogP contribution in [-0.4, -0.2) is 19.6 Å². The summed E-state index contributed by atoms with van der Waals surface area (Å²) in [5.74, 6) is -1.08. The molecule has 0 fully saturated rings. The molecular formula is C57H50F2N3OPt-. The van der Waals surface area contributed by atoms with Gasteiger partial charge in [0.1, 0.15) is 11.4 Å². The summed E-state index contributed by atoms with van der Waals surface area (Å²) in [6.07, 6.45) is 0. The molecule has 0 amide bonds. The van der Waals surface area contributed by atoms with Crippen molar-refractivity contribution < 1.29 is 35.0 Å². The largest absolute Gasteiger partial charge is 0.507 e. The van der Waals surface area contributed by atoms with Gasteiger partial charge in [0.25, 0.3) is 0 Å². The molecule has 0 atom stereocenters. The van der Waals surface area contributed by atoms with E-state index < -0.39 is 11.6 Å².